The van der Waals surface area contributed by atoms with E-state index in [9.17, 15) is 8.42 Å². The molecule has 1 atom stereocenters. The van der Waals surface area contributed by atoms with E-state index in [4.69, 9.17) is 11.6 Å². The van der Waals surface area contributed by atoms with Crippen molar-refractivity contribution in [3.05, 3.63) is 87.9 Å². The second-order valence-electron chi connectivity index (χ2n) is 5.85. The minimum absolute atomic E-state index is 0.152. The molecule has 0 aromatic heterocycles. The minimum Gasteiger partial charge on any atom is -0.278 e. The van der Waals surface area contributed by atoms with Gasteiger partial charge in [-0.2, -0.15) is 0 Å². The Morgan fingerprint density at radius 2 is 1.67 bits per heavy atom. The van der Waals surface area contributed by atoms with Crippen LogP contribution >= 0.6 is 39.3 Å². The molecule has 27 heavy (non-hydrogen) atoms. The Kier molecular flexibility index (Phi) is 6.52. The zero-order chi connectivity index (χ0) is 19.4. The van der Waals surface area contributed by atoms with Gasteiger partial charge in [0, 0.05) is 19.6 Å². The summed E-state index contributed by atoms with van der Waals surface area (Å²) in [5.74, 6) is 0. The van der Waals surface area contributed by atoms with Crippen molar-refractivity contribution in [2.75, 3.05) is 4.72 Å². The average molecular weight is 483 g/mol. The third-order valence-corrected chi connectivity index (χ3v) is 7.73. The monoisotopic (exact) mass is 481 g/mol. The number of hydrogen-bond donors (Lipinski definition) is 1. The van der Waals surface area contributed by atoms with Gasteiger partial charge in [0.1, 0.15) is 4.90 Å². The summed E-state index contributed by atoms with van der Waals surface area (Å²) in [6.45, 7) is 2.08. The lowest BCUT2D eigenvalue weighted by atomic mass is 10.2. The maximum atomic E-state index is 12.8. The van der Waals surface area contributed by atoms with Gasteiger partial charge in [0.25, 0.3) is 10.0 Å². The minimum atomic E-state index is -3.75. The van der Waals surface area contributed by atoms with Crippen LogP contribution in [-0.4, -0.2) is 8.42 Å². The van der Waals surface area contributed by atoms with E-state index in [0.717, 1.165) is 10.5 Å². The smallest absolute Gasteiger partial charge is 0.263 e. The molecule has 1 N–H and O–H groups in total. The molecule has 0 aliphatic rings. The number of halogens is 2. The van der Waals surface area contributed by atoms with Gasteiger partial charge in [-0.15, -0.1) is 11.8 Å². The summed E-state index contributed by atoms with van der Waals surface area (Å²) in [4.78, 5) is 0.989. The van der Waals surface area contributed by atoms with Gasteiger partial charge in [-0.3, -0.25) is 4.72 Å². The molecule has 0 bridgehead atoms. The molecule has 0 saturated carbocycles. The average Bonchev–Trinajstić information content (AvgIpc) is 2.64. The molecule has 0 amide bonds. The number of rotatable bonds is 6. The number of anilines is 1. The predicted molar refractivity (Wildman–Crippen MR) is 117 cm³/mol. The van der Waals surface area contributed by atoms with Crippen LogP contribution in [0.4, 0.5) is 5.69 Å². The Balaban J connectivity index is 1.92. The summed E-state index contributed by atoms with van der Waals surface area (Å²) < 4.78 is 28.9. The highest BCUT2D eigenvalue weighted by molar-refractivity contribution is 9.10. The van der Waals surface area contributed by atoms with Gasteiger partial charge in [0.2, 0.25) is 0 Å². The standard InChI is InChI=1S/C20H17BrClNO2S2/c1-14(15-7-3-2-4-8-15)26-19-12-11-16(22)13-18(19)23-27(24,25)20-10-6-5-9-17(20)21/h2-14,23H,1H3. The summed E-state index contributed by atoms with van der Waals surface area (Å²) in [5, 5.41) is 0.621. The molecule has 3 nitrogen and oxygen atoms in total. The van der Waals surface area contributed by atoms with E-state index >= 15 is 0 Å². The van der Waals surface area contributed by atoms with Crippen LogP contribution < -0.4 is 4.72 Å². The van der Waals surface area contributed by atoms with Crippen LogP contribution in [0.25, 0.3) is 0 Å². The van der Waals surface area contributed by atoms with Gasteiger partial charge in [-0.1, -0.05) is 54.1 Å². The van der Waals surface area contributed by atoms with E-state index in [1.165, 1.54) is 0 Å². The first-order valence-corrected chi connectivity index (χ1v) is 11.7. The first-order valence-electron chi connectivity index (χ1n) is 8.15. The lowest BCUT2D eigenvalue weighted by Crippen LogP contribution is -2.14. The fourth-order valence-electron chi connectivity index (χ4n) is 2.53. The number of hydrogen-bond acceptors (Lipinski definition) is 3. The Bertz CT molecular complexity index is 1040. The molecule has 0 radical (unpaired) electrons. The summed E-state index contributed by atoms with van der Waals surface area (Å²) >= 11 is 11.0. The molecule has 3 rings (SSSR count). The van der Waals surface area contributed by atoms with Gasteiger partial charge in [0.15, 0.2) is 0 Å². The van der Waals surface area contributed by atoms with E-state index < -0.39 is 10.0 Å². The van der Waals surface area contributed by atoms with Gasteiger partial charge in [-0.05, 0) is 58.7 Å². The lowest BCUT2D eigenvalue weighted by Gasteiger charge is -2.17. The highest BCUT2D eigenvalue weighted by Crippen LogP contribution is 2.40. The lowest BCUT2D eigenvalue weighted by molar-refractivity contribution is 0.600. The largest absolute Gasteiger partial charge is 0.278 e. The molecule has 0 spiro atoms. The highest BCUT2D eigenvalue weighted by Gasteiger charge is 2.20. The molecule has 0 heterocycles. The van der Waals surface area contributed by atoms with Crippen LogP contribution in [0.5, 0.6) is 0 Å². The zero-order valence-corrected chi connectivity index (χ0v) is 18.4. The van der Waals surface area contributed by atoms with E-state index in [1.807, 2.05) is 24.3 Å². The molecule has 7 heteroatoms. The SMILES string of the molecule is CC(Sc1ccc(Cl)cc1NS(=O)(=O)c1ccccc1Br)c1ccccc1. The molecule has 3 aromatic carbocycles. The van der Waals surface area contributed by atoms with E-state index in [2.05, 4.69) is 39.7 Å². The Labute approximate surface area is 177 Å². The van der Waals surface area contributed by atoms with Gasteiger partial charge >= 0.3 is 0 Å². The van der Waals surface area contributed by atoms with Crippen molar-refractivity contribution in [1.29, 1.82) is 0 Å². The molecular formula is C20H17BrClNO2S2. The summed E-state index contributed by atoms with van der Waals surface area (Å²) in [6.07, 6.45) is 0. The fraction of sp³-hybridized carbons (Fsp3) is 0.100. The number of nitrogens with one attached hydrogen (secondary N) is 1. The molecule has 1 unspecified atom stereocenters. The topological polar surface area (TPSA) is 46.2 Å². The maximum absolute atomic E-state index is 12.8. The van der Waals surface area contributed by atoms with Crippen molar-refractivity contribution >= 4 is 55.0 Å². The van der Waals surface area contributed by atoms with Crippen molar-refractivity contribution < 1.29 is 8.42 Å². The number of thioether (sulfide) groups is 1. The Hall–Kier alpha value is -1.47. The number of sulfonamides is 1. The first kappa shape index (κ1) is 20.3. The van der Waals surface area contributed by atoms with Crippen LogP contribution in [0.2, 0.25) is 5.02 Å². The van der Waals surface area contributed by atoms with Gasteiger partial charge < -0.3 is 0 Å². The van der Waals surface area contributed by atoms with Crippen molar-refractivity contribution in [1.82, 2.24) is 0 Å². The summed E-state index contributed by atoms with van der Waals surface area (Å²) in [6, 6.07) is 22.0. The summed E-state index contributed by atoms with van der Waals surface area (Å²) in [5.41, 5.74) is 1.63. The summed E-state index contributed by atoms with van der Waals surface area (Å²) in [7, 11) is -3.75. The molecule has 140 valence electrons. The normalized spacial score (nSPS) is 12.6. The predicted octanol–water partition coefficient (Wildman–Crippen LogP) is 6.76. The van der Waals surface area contributed by atoms with Gasteiger partial charge in [0.05, 0.1) is 5.69 Å². The van der Waals surface area contributed by atoms with Crippen LogP contribution in [0.15, 0.2) is 87.1 Å². The van der Waals surface area contributed by atoms with E-state index in [0.29, 0.717) is 15.2 Å². The molecular weight excluding hydrogens is 466 g/mol. The van der Waals surface area contributed by atoms with Crippen LogP contribution in [0, 0.1) is 0 Å². The third kappa shape index (κ3) is 5.08. The molecule has 3 aromatic rings. The van der Waals surface area contributed by atoms with E-state index in [-0.39, 0.29) is 10.1 Å². The van der Waals surface area contributed by atoms with E-state index in [1.54, 1.807) is 48.2 Å². The number of benzene rings is 3. The Morgan fingerprint density at radius 3 is 2.37 bits per heavy atom. The van der Waals surface area contributed by atoms with Gasteiger partial charge in [-0.25, -0.2) is 8.42 Å². The van der Waals surface area contributed by atoms with Crippen LogP contribution in [0.1, 0.15) is 17.7 Å². The third-order valence-electron chi connectivity index (χ3n) is 3.88. The molecule has 0 fully saturated rings. The first-order chi connectivity index (χ1) is 12.9. The quantitative estimate of drug-likeness (QED) is 0.395. The van der Waals surface area contributed by atoms with Crippen molar-refractivity contribution in [3.8, 4) is 0 Å². The Morgan fingerprint density at radius 1 is 1.00 bits per heavy atom. The van der Waals surface area contributed by atoms with Crippen molar-refractivity contribution in [2.24, 2.45) is 0 Å². The molecule has 0 aliphatic carbocycles. The second-order valence-corrected chi connectivity index (χ2v) is 10.2. The van der Waals surface area contributed by atoms with Crippen LogP contribution in [-0.2, 0) is 10.0 Å². The fourth-order valence-corrected chi connectivity index (χ4v) is 5.90. The molecule has 0 saturated heterocycles. The second kappa shape index (κ2) is 8.69. The van der Waals surface area contributed by atoms with Crippen molar-refractivity contribution in [2.45, 2.75) is 22.0 Å². The highest BCUT2D eigenvalue weighted by atomic mass is 79.9. The van der Waals surface area contributed by atoms with Crippen molar-refractivity contribution in [3.63, 3.8) is 0 Å². The zero-order valence-electron chi connectivity index (χ0n) is 14.4. The van der Waals surface area contributed by atoms with Crippen LogP contribution in [0.3, 0.4) is 0 Å². The maximum Gasteiger partial charge on any atom is 0.263 e. The molecule has 0 aliphatic heterocycles.